The van der Waals surface area contributed by atoms with Crippen LogP contribution in [0.4, 0.5) is 5.69 Å². The summed E-state index contributed by atoms with van der Waals surface area (Å²) in [6, 6.07) is 21.1. The molecule has 4 rings (SSSR count). The first kappa shape index (κ1) is 19.6. The van der Waals surface area contributed by atoms with Crippen molar-refractivity contribution in [1.82, 2.24) is 0 Å². The predicted molar refractivity (Wildman–Crippen MR) is 118 cm³/mol. The number of amides is 1. The number of nitrogens with zero attached hydrogens (tertiary/aromatic N) is 2. The summed E-state index contributed by atoms with van der Waals surface area (Å²) in [4.78, 5) is 30.5. The van der Waals surface area contributed by atoms with Crippen LogP contribution in [0.25, 0.3) is 6.08 Å². The van der Waals surface area contributed by atoms with Gasteiger partial charge >= 0.3 is 5.97 Å². The maximum atomic E-state index is 13.3. The van der Waals surface area contributed by atoms with Gasteiger partial charge in [-0.2, -0.15) is 0 Å². The lowest BCUT2D eigenvalue weighted by Gasteiger charge is -2.19. The van der Waals surface area contributed by atoms with Gasteiger partial charge in [0.1, 0.15) is 11.5 Å². The van der Waals surface area contributed by atoms with Crippen molar-refractivity contribution in [3.8, 4) is 0 Å². The summed E-state index contributed by atoms with van der Waals surface area (Å²) in [6.45, 7) is 1.96. The topological polar surface area (TPSA) is 70.0 Å². The average molecular weight is 417 g/mol. The molecular formula is C24H17ClN2O3. The Labute approximate surface area is 178 Å². The summed E-state index contributed by atoms with van der Waals surface area (Å²) in [5.41, 5.74) is 3.46. The van der Waals surface area contributed by atoms with Crippen molar-refractivity contribution in [3.63, 3.8) is 0 Å². The van der Waals surface area contributed by atoms with Crippen LogP contribution in [-0.2, 0) is 4.79 Å². The molecule has 0 aromatic heterocycles. The number of aromatic carboxylic acids is 1. The predicted octanol–water partition coefficient (Wildman–Crippen LogP) is 5.18. The molecule has 0 atom stereocenters. The summed E-state index contributed by atoms with van der Waals surface area (Å²) in [7, 11) is 0. The van der Waals surface area contributed by atoms with Gasteiger partial charge in [-0.05, 0) is 60.5 Å². The number of carbonyl (C=O) groups excluding carboxylic acids is 1. The summed E-state index contributed by atoms with van der Waals surface area (Å²) >= 11 is 6.40. The molecule has 1 aliphatic rings. The van der Waals surface area contributed by atoms with E-state index in [2.05, 4.69) is 4.99 Å². The van der Waals surface area contributed by atoms with Crippen LogP contribution in [0.2, 0.25) is 5.02 Å². The van der Waals surface area contributed by atoms with Crippen molar-refractivity contribution < 1.29 is 14.7 Å². The van der Waals surface area contributed by atoms with E-state index in [1.54, 1.807) is 29.2 Å². The van der Waals surface area contributed by atoms with Gasteiger partial charge in [-0.25, -0.2) is 9.79 Å². The lowest BCUT2D eigenvalue weighted by Crippen LogP contribution is -2.32. The number of aryl methyl sites for hydroxylation is 1. The molecule has 1 aliphatic heterocycles. The van der Waals surface area contributed by atoms with Crippen LogP contribution in [0.15, 0.2) is 83.5 Å². The van der Waals surface area contributed by atoms with Gasteiger partial charge in [0.05, 0.1) is 16.3 Å². The minimum absolute atomic E-state index is 0.177. The number of hydrogen-bond donors (Lipinski definition) is 1. The molecule has 0 saturated carbocycles. The van der Waals surface area contributed by atoms with Crippen molar-refractivity contribution in [3.05, 3.63) is 106 Å². The lowest BCUT2D eigenvalue weighted by molar-refractivity contribution is -0.113. The van der Waals surface area contributed by atoms with Crippen molar-refractivity contribution in [2.24, 2.45) is 4.99 Å². The van der Waals surface area contributed by atoms with Gasteiger partial charge in [-0.1, -0.05) is 48.0 Å². The van der Waals surface area contributed by atoms with Gasteiger partial charge in [0.25, 0.3) is 5.91 Å². The molecule has 148 valence electrons. The van der Waals surface area contributed by atoms with E-state index in [1.807, 2.05) is 49.4 Å². The van der Waals surface area contributed by atoms with E-state index in [1.165, 1.54) is 12.1 Å². The quantitative estimate of drug-likeness (QED) is 0.595. The molecule has 0 aliphatic carbocycles. The van der Waals surface area contributed by atoms with Gasteiger partial charge in [0, 0.05) is 5.56 Å². The third-order valence-corrected chi connectivity index (χ3v) is 5.03. The first-order valence-corrected chi connectivity index (χ1v) is 9.61. The minimum atomic E-state index is -1.00. The Morgan fingerprint density at radius 3 is 2.43 bits per heavy atom. The molecule has 3 aromatic carbocycles. The number of anilines is 1. The summed E-state index contributed by atoms with van der Waals surface area (Å²) in [5.74, 6) is -0.835. The number of hydrogen-bond acceptors (Lipinski definition) is 3. The van der Waals surface area contributed by atoms with Crippen LogP contribution in [0.1, 0.15) is 27.0 Å². The summed E-state index contributed by atoms with van der Waals surface area (Å²) in [5, 5.41) is 9.56. The molecule has 0 spiro atoms. The van der Waals surface area contributed by atoms with Crippen LogP contribution in [0, 0.1) is 6.92 Å². The molecule has 0 unspecified atom stereocenters. The van der Waals surface area contributed by atoms with E-state index in [4.69, 9.17) is 16.7 Å². The smallest absolute Gasteiger partial charge is 0.335 e. The number of benzene rings is 3. The molecule has 3 aromatic rings. The molecule has 0 saturated heterocycles. The molecule has 30 heavy (non-hydrogen) atoms. The third-order valence-electron chi connectivity index (χ3n) is 4.70. The number of aliphatic imine (C=N–C) groups is 1. The second kappa shape index (κ2) is 7.97. The zero-order valence-electron chi connectivity index (χ0n) is 16.0. The minimum Gasteiger partial charge on any atom is -0.478 e. The fraction of sp³-hybridized carbons (Fsp3) is 0.0417. The molecule has 0 bridgehead atoms. The number of carboxylic acids is 1. The first-order chi connectivity index (χ1) is 14.4. The van der Waals surface area contributed by atoms with Crippen molar-refractivity contribution >= 4 is 41.1 Å². The number of amidine groups is 1. The van der Waals surface area contributed by atoms with Crippen LogP contribution in [0.3, 0.4) is 0 Å². The first-order valence-electron chi connectivity index (χ1n) is 9.24. The van der Waals surface area contributed by atoms with Crippen molar-refractivity contribution in [2.75, 3.05) is 4.90 Å². The molecule has 1 heterocycles. The Bertz CT molecular complexity index is 1210. The van der Waals surface area contributed by atoms with Gasteiger partial charge in [-0.3, -0.25) is 9.69 Å². The van der Waals surface area contributed by atoms with E-state index in [-0.39, 0.29) is 17.2 Å². The van der Waals surface area contributed by atoms with Crippen LogP contribution in [-0.4, -0.2) is 22.8 Å². The SMILES string of the molecule is Cc1cccc(N2C(=O)/C(=C\c3ccc(C(=O)O)cc3)N=C2c2ccccc2Cl)c1. The Hall–Kier alpha value is -3.70. The van der Waals surface area contributed by atoms with Crippen LogP contribution in [0.5, 0.6) is 0 Å². The molecule has 0 radical (unpaired) electrons. The molecule has 5 nitrogen and oxygen atoms in total. The van der Waals surface area contributed by atoms with E-state index in [0.29, 0.717) is 27.7 Å². The van der Waals surface area contributed by atoms with Gasteiger partial charge in [-0.15, -0.1) is 0 Å². The van der Waals surface area contributed by atoms with Crippen LogP contribution < -0.4 is 4.90 Å². The molecule has 0 fully saturated rings. The molecule has 1 N–H and O–H groups in total. The number of carbonyl (C=O) groups is 2. The second-order valence-electron chi connectivity index (χ2n) is 6.85. The van der Waals surface area contributed by atoms with Crippen LogP contribution >= 0.6 is 11.6 Å². The Balaban J connectivity index is 1.82. The van der Waals surface area contributed by atoms with E-state index in [0.717, 1.165) is 5.56 Å². The highest BCUT2D eigenvalue weighted by Gasteiger charge is 2.33. The number of carboxylic acid groups (broad SMARTS) is 1. The highest BCUT2D eigenvalue weighted by molar-refractivity contribution is 6.39. The molecular weight excluding hydrogens is 400 g/mol. The summed E-state index contributed by atoms with van der Waals surface area (Å²) in [6.07, 6.45) is 1.64. The number of rotatable bonds is 4. The van der Waals surface area contributed by atoms with Gasteiger partial charge in [0.15, 0.2) is 0 Å². The van der Waals surface area contributed by atoms with Gasteiger partial charge < -0.3 is 5.11 Å². The standard InChI is InChI=1S/C24H17ClN2O3/c1-15-5-4-6-18(13-15)27-22(19-7-2-3-8-20(19)25)26-21(23(27)28)14-16-9-11-17(12-10-16)24(29)30/h2-14H,1H3,(H,29,30)/b21-14+. The fourth-order valence-corrected chi connectivity index (χ4v) is 3.45. The van der Waals surface area contributed by atoms with E-state index >= 15 is 0 Å². The highest BCUT2D eigenvalue weighted by Crippen LogP contribution is 2.30. The normalized spacial score (nSPS) is 14.9. The largest absolute Gasteiger partial charge is 0.478 e. The van der Waals surface area contributed by atoms with E-state index < -0.39 is 5.97 Å². The molecule has 1 amide bonds. The highest BCUT2D eigenvalue weighted by atomic mass is 35.5. The monoisotopic (exact) mass is 416 g/mol. The Morgan fingerprint density at radius 2 is 1.77 bits per heavy atom. The second-order valence-corrected chi connectivity index (χ2v) is 7.26. The summed E-state index contributed by atoms with van der Waals surface area (Å²) < 4.78 is 0. The Kier molecular flexibility index (Phi) is 5.21. The third kappa shape index (κ3) is 3.75. The zero-order valence-corrected chi connectivity index (χ0v) is 16.8. The maximum absolute atomic E-state index is 13.3. The van der Waals surface area contributed by atoms with Gasteiger partial charge in [0.2, 0.25) is 0 Å². The molecule has 6 heteroatoms. The lowest BCUT2D eigenvalue weighted by atomic mass is 10.1. The maximum Gasteiger partial charge on any atom is 0.335 e. The zero-order chi connectivity index (χ0) is 21.3. The average Bonchev–Trinajstić information content (AvgIpc) is 3.04. The Morgan fingerprint density at radius 1 is 1.03 bits per heavy atom. The fourth-order valence-electron chi connectivity index (χ4n) is 3.23. The van der Waals surface area contributed by atoms with Crippen molar-refractivity contribution in [1.29, 1.82) is 0 Å². The van der Waals surface area contributed by atoms with Crippen molar-refractivity contribution in [2.45, 2.75) is 6.92 Å². The van der Waals surface area contributed by atoms with E-state index in [9.17, 15) is 9.59 Å². The number of halogens is 1.